The summed E-state index contributed by atoms with van der Waals surface area (Å²) in [5, 5.41) is 11.4. The molecule has 0 radical (unpaired) electrons. The Morgan fingerprint density at radius 1 is 1.57 bits per heavy atom. The molecule has 112 valence electrons. The summed E-state index contributed by atoms with van der Waals surface area (Å²) in [6, 6.07) is 2.90. The average molecular weight is 341 g/mol. The van der Waals surface area contributed by atoms with Crippen molar-refractivity contribution in [1.29, 1.82) is 0 Å². The highest BCUT2D eigenvalue weighted by Gasteiger charge is 2.42. The van der Waals surface area contributed by atoms with Gasteiger partial charge in [-0.25, -0.2) is 4.79 Å². The van der Waals surface area contributed by atoms with Crippen LogP contribution in [0.25, 0.3) is 6.08 Å². The number of thiophene rings is 1. The molecule has 7 heteroatoms. The molecule has 0 spiro atoms. The van der Waals surface area contributed by atoms with Crippen molar-refractivity contribution in [2.24, 2.45) is 5.92 Å². The van der Waals surface area contributed by atoms with Crippen LogP contribution in [0.2, 0.25) is 0 Å². The molecule has 4 nitrogen and oxygen atoms in total. The van der Waals surface area contributed by atoms with Crippen LogP contribution in [-0.2, 0) is 9.59 Å². The molecule has 0 aromatic carbocycles. The summed E-state index contributed by atoms with van der Waals surface area (Å²) in [6.07, 6.45) is 2.43. The Morgan fingerprint density at radius 3 is 2.81 bits per heavy atom. The van der Waals surface area contributed by atoms with Crippen LogP contribution in [0.5, 0.6) is 0 Å². The maximum Gasteiger partial charge on any atom is 0.327 e. The van der Waals surface area contributed by atoms with E-state index in [1.54, 1.807) is 6.08 Å². The lowest BCUT2D eigenvalue weighted by atomic mass is 9.98. The topological polar surface area (TPSA) is 57.6 Å². The maximum absolute atomic E-state index is 12.5. The Bertz CT molecular complexity index is 595. The standard InChI is InChI=1S/C14H15NO3S3/c1-3-8(2)11(13(17)18)15-12(16)10(21-14(15)19)7-9-5-4-6-20-9/h4-8,11H,3H2,1-2H3,(H,17,18)/b10-7+/t8-,11-/m1/s1. The van der Waals surface area contributed by atoms with Gasteiger partial charge in [0.2, 0.25) is 0 Å². The van der Waals surface area contributed by atoms with Gasteiger partial charge in [0.15, 0.2) is 0 Å². The fraction of sp³-hybridized carbons (Fsp3) is 0.357. The van der Waals surface area contributed by atoms with Crippen molar-refractivity contribution >= 4 is 57.6 Å². The monoisotopic (exact) mass is 341 g/mol. The lowest BCUT2D eigenvalue weighted by molar-refractivity contribution is -0.147. The number of thioether (sulfide) groups is 1. The van der Waals surface area contributed by atoms with Crippen LogP contribution in [0, 0.1) is 5.92 Å². The number of hydrogen-bond donors (Lipinski definition) is 1. The molecule has 1 aliphatic rings. The predicted octanol–water partition coefficient (Wildman–Crippen LogP) is 3.45. The smallest absolute Gasteiger partial charge is 0.327 e. The second-order valence-electron chi connectivity index (χ2n) is 4.74. The summed E-state index contributed by atoms with van der Waals surface area (Å²) < 4.78 is 0.315. The molecule has 1 amide bonds. The lowest BCUT2D eigenvalue weighted by Crippen LogP contribution is -2.47. The highest BCUT2D eigenvalue weighted by atomic mass is 32.2. The Kier molecular flexibility index (Phi) is 5.18. The van der Waals surface area contributed by atoms with E-state index in [0.717, 1.165) is 4.88 Å². The van der Waals surface area contributed by atoms with Gasteiger partial charge in [-0.3, -0.25) is 9.69 Å². The number of carboxylic acids is 1. The highest BCUT2D eigenvalue weighted by Crippen LogP contribution is 2.36. The third-order valence-corrected chi connectivity index (χ3v) is 5.50. The SMILES string of the molecule is CC[C@@H](C)[C@H](C(=O)O)N1C(=O)/C(=C\c2cccs2)SC1=S. The van der Waals surface area contributed by atoms with E-state index in [9.17, 15) is 14.7 Å². The van der Waals surface area contributed by atoms with Crippen LogP contribution < -0.4 is 0 Å². The first-order valence-electron chi connectivity index (χ1n) is 6.49. The van der Waals surface area contributed by atoms with E-state index in [1.807, 2.05) is 31.4 Å². The maximum atomic E-state index is 12.5. The lowest BCUT2D eigenvalue weighted by Gasteiger charge is -2.27. The Labute approximate surface area is 136 Å². The molecule has 2 atom stereocenters. The predicted molar refractivity (Wildman–Crippen MR) is 90.2 cm³/mol. The van der Waals surface area contributed by atoms with E-state index in [1.165, 1.54) is 28.0 Å². The minimum absolute atomic E-state index is 0.161. The summed E-state index contributed by atoms with van der Waals surface area (Å²) in [5.41, 5.74) is 0. The fourth-order valence-electron chi connectivity index (χ4n) is 2.05. The first kappa shape index (κ1) is 16.2. The number of rotatable bonds is 5. The van der Waals surface area contributed by atoms with Gasteiger partial charge < -0.3 is 5.11 Å². The molecule has 2 rings (SSSR count). The van der Waals surface area contributed by atoms with Gasteiger partial charge in [0.05, 0.1) is 4.91 Å². The molecule has 1 N–H and O–H groups in total. The normalized spacial score (nSPS) is 20.1. The molecule has 0 bridgehead atoms. The number of carboxylic acid groups (broad SMARTS) is 1. The third kappa shape index (κ3) is 3.36. The molecule has 1 saturated heterocycles. The van der Waals surface area contributed by atoms with Crippen LogP contribution in [0.1, 0.15) is 25.1 Å². The molecule has 1 aromatic heterocycles. The van der Waals surface area contributed by atoms with E-state index in [-0.39, 0.29) is 11.8 Å². The Balaban J connectivity index is 2.31. The molecule has 21 heavy (non-hydrogen) atoms. The second kappa shape index (κ2) is 6.72. The number of nitrogens with zero attached hydrogens (tertiary/aromatic N) is 1. The molecular weight excluding hydrogens is 326 g/mol. The van der Waals surface area contributed by atoms with Crippen molar-refractivity contribution in [3.63, 3.8) is 0 Å². The minimum atomic E-state index is -1.02. The number of thiocarbonyl (C=S) groups is 1. The number of aliphatic carboxylic acids is 1. The van der Waals surface area contributed by atoms with E-state index in [2.05, 4.69) is 0 Å². The van der Waals surface area contributed by atoms with Crippen molar-refractivity contribution in [1.82, 2.24) is 4.90 Å². The van der Waals surface area contributed by atoms with E-state index >= 15 is 0 Å². The van der Waals surface area contributed by atoms with Crippen LogP contribution in [-0.4, -0.2) is 32.2 Å². The molecular formula is C14H15NO3S3. The van der Waals surface area contributed by atoms with Crippen LogP contribution in [0.15, 0.2) is 22.4 Å². The molecule has 0 aliphatic carbocycles. The first-order chi connectivity index (χ1) is 9.95. The molecule has 0 unspecified atom stereocenters. The fourth-order valence-corrected chi connectivity index (χ4v) is 4.11. The van der Waals surface area contributed by atoms with Crippen molar-refractivity contribution in [2.45, 2.75) is 26.3 Å². The van der Waals surface area contributed by atoms with Crippen molar-refractivity contribution in [3.8, 4) is 0 Å². The number of carbonyl (C=O) groups is 2. The minimum Gasteiger partial charge on any atom is -0.480 e. The largest absolute Gasteiger partial charge is 0.480 e. The van der Waals surface area contributed by atoms with Gasteiger partial charge in [-0.05, 0) is 23.4 Å². The van der Waals surface area contributed by atoms with Crippen molar-refractivity contribution in [2.75, 3.05) is 0 Å². The second-order valence-corrected chi connectivity index (χ2v) is 7.39. The van der Waals surface area contributed by atoms with Gasteiger partial charge in [0, 0.05) is 4.88 Å². The van der Waals surface area contributed by atoms with Crippen LogP contribution >= 0.6 is 35.3 Å². The molecule has 1 aliphatic heterocycles. The zero-order valence-corrected chi connectivity index (χ0v) is 14.1. The number of hydrogen-bond acceptors (Lipinski definition) is 5. The molecule has 1 aromatic rings. The summed E-state index contributed by atoms with van der Waals surface area (Å²) in [4.78, 5) is 26.7. The summed E-state index contributed by atoms with van der Waals surface area (Å²) in [7, 11) is 0. The van der Waals surface area contributed by atoms with E-state index < -0.39 is 12.0 Å². The van der Waals surface area contributed by atoms with Crippen LogP contribution in [0.4, 0.5) is 0 Å². The quantitative estimate of drug-likeness (QED) is 0.657. The van der Waals surface area contributed by atoms with Gasteiger partial charge in [-0.2, -0.15) is 0 Å². The zero-order valence-electron chi connectivity index (χ0n) is 11.6. The third-order valence-electron chi connectivity index (χ3n) is 3.35. The van der Waals surface area contributed by atoms with Gasteiger partial charge >= 0.3 is 5.97 Å². The highest BCUT2D eigenvalue weighted by molar-refractivity contribution is 8.26. The Hall–Kier alpha value is -1.18. The van der Waals surface area contributed by atoms with E-state index in [0.29, 0.717) is 15.6 Å². The molecule has 0 saturated carbocycles. The first-order valence-corrected chi connectivity index (χ1v) is 8.59. The van der Waals surface area contributed by atoms with Crippen molar-refractivity contribution < 1.29 is 14.7 Å². The van der Waals surface area contributed by atoms with Gasteiger partial charge in [-0.1, -0.05) is 50.3 Å². The molecule has 2 heterocycles. The average Bonchev–Trinajstić information content (AvgIpc) is 3.02. The van der Waals surface area contributed by atoms with Crippen LogP contribution in [0.3, 0.4) is 0 Å². The summed E-state index contributed by atoms with van der Waals surface area (Å²) in [5.74, 6) is -1.49. The van der Waals surface area contributed by atoms with Crippen molar-refractivity contribution in [3.05, 3.63) is 27.3 Å². The zero-order chi connectivity index (χ0) is 15.6. The number of amides is 1. The summed E-state index contributed by atoms with van der Waals surface area (Å²) >= 11 is 7.91. The molecule has 1 fully saturated rings. The van der Waals surface area contributed by atoms with E-state index in [4.69, 9.17) is 12.2 Å². The number of carbonyl (C=O) groups excluding carboxylic acids is 1. The van der Waals surface area contributed by atoms with Gasteiger partial charge in [0.1, 0.15) is 10.4 Å². The Morgan fingerprint density at radius 2 is 2.29 bits per heavy atom. The van der Waals surface area contributed by atoms with Gasteiger partial charge in [0.25, 0.3) is 5.91 Å². The van der Waals surface area contributed by atoms with Gasteiger partial charge in [-0.15, -0.1) is 11.3 Å². The summed E-state index contributed by atoms with van der Waals surface area (Å²) in [6.45, 7) is 3.72.